The summed E-state index contributed by atoms with van der Waals surface area (Å²) in [4.78, 5) is 0. The molecule has 0 radical (unpaired) electrons. The summed E-state index contributed by atoms with van der Waals surface area (Å²) in [6.45, 7) is 2.49. The van der Waals surface area contributed by atoms with E-state index in [4.69, 9.17) is 9.94 Å². The molecule has 1 aromatic rings. The molecular weight excluding hydrogens is 166 g/mol. The van der Waals surface area contributed by atoms with Crippen molar-refractivity contribution in [3.63, 3.8) is 0 Å². The molecule has 3 heteroatoms. The normalized spacial score (nSPS) is 10.1. The first-order valence-electron chi connectivity index (χ1n) is 4.35. The lowest BCUT2D eigenvalue weighted by molar-refractivity contribution is 0.160. The van der Waals surface area contributed by atoms with Crippen LogP contribution in [-0.4, -0.2) is 12.3 Å². The van der Waals surface area contributed by atoms with E-state index in [0.29, 0.717) is 6.54 Å². The molecule has 0 aromatic heterocycles. The number of benzene rings is 1. The Morgan fingerprint density at radius 1 is 1.38 bits per heavy atom. The summed E-state index contributed by atoms with van der Waals surface area (Å²) in [7, 11) is 1.65. The predicted octanol–water partition coefficient (Wildman–Crippen LogP) is 1.74. The third-order valence-electron chi connectivity index (χ3n) is 2.03. The van der Waals surface area contributed by atoms with Crippen LogP contribution < -0.4 is 10.2 Å². The van der Waals surface area contributed by atoms with Gasteiger partial charge in [0.1, 0.15) is 5.75 Å². The van der Waals surface area contributed by atoms with Crippen LogP contribution in [0, 0.1) is 0 Å². The van der Waals surface area contributed by atoms with Crippen molar-refractivity contribution in [3.8, 4) is 5.75 Å². The zero-order chi connectivity index (χ0) is 9.68. The van der Waals surface area contributed by atoms with Gasteiger partial charge in [-0.05, 0) is 12.0 Å². The zero-order valence-electron chi connectivity index (χ0n) is 8.00. The third kappa shape index (κ3) is 2.20. The maximum absolute atomic E-state index is 8.60. The van der Waals surface area contributed by atoms with Crippen LogP contribution in [0.5, 0.6) is 5.75 Å². The Morgan fingerprint density at radius 3 is 2.62 bits per heavy atom. The molecule has 0 bridgehead atoms. The van der Waals surface area contributed by atoms with Gasteiger partial charge in [-0.15, -0.1) is 0 Å². The fourth-order valence-corrected chi connectivity index (χ4v) is 1.40. The van der Waals surface area contributed by atoms with E-state index >= 15 is 0 Å². The smallest absolute Gasteiger partial charge is 0.126 e. The molecule has 0 amide bonds. The average molecular weight is 181 g/mol. The summed E-state index contributed by atoms with van der Waals surface area (Å²) in [6, 6.07) is 5.93. The standard InChI is InChI=1S/C10H15NO2/c1-3-8-5-4-6-9(7-11-12)10(8)13-2/h4-6,11-12H,3,7H2,1-2H3. The molecule has 0 spiro atoms. The number of aryl methyl sites for hydroxylation is 1. The first-order chi connectivity index (χ1) is 6.33. The van der Waals surface area contributed by atoms with Gasteiger partial charge in [0, 0.05) is 12.1 Å². The van der Waals surface area contributed by atoms with Gasteiger partial charge in [0.15, 0.2) is 0 Å². The molecule has 0 aliphatic rings. The number of ether oxygens (including phenoxy) is 1. The van der Waals surface area contributed by atoms with Crippen molar-refractivity contribution >= 4 is 0 Å². The number of methoxy groups -OCH3 is 1. The van der Waals surface area contributed by atoms with Gasteiger partial charge in [0.05, 0.1) is 7.11 Å². The SMILES string of the molecule is CCc1cccc(CNO)c1OC. The van der Waals surface area contributed by atoms with Gasteiger partial charge in [0.2, 0.25) is 0 Å². The van der Waals surface area contributed by atoms with Crippen molar-refractivity contribution in [3.05, 3.63) is 29.3 Å². The van der Waals surface area contributed by atoms with Crippen LogP contribution in [0.1, 0.15) is 18.1 Å². The van der Waals surface area contributed by atoms with Crippen molar-refractivity contribution in [1.29, 1.82) is 0 Å². The summed E-state index contributed by atoms with van der Waals surface area (Å²) >= 11 is 0. The first kappa shape index (κ1) is 10.0. The maximum Gasteiger partial charge on any atom is 0.126 e. The Balaban J connectivity index is 3.03. The van der Waals surface area contributed by atoms with E-state index in [-0.39, 0.29) is 0 Å². The monoisotopic (exact) mass is 181 g/mol. The summed E-state index contributed by atoms with van der Waals surface area (Å²) in [5, 5.41) is 8.60. The van der Waals surface area contributed by atoms with E-state index in [9.17, 15) is 0 Å². The van der Waals surface area contributed by atoms with E-state index in [1.165, 1.54) is 0 Å². The first-order valence-corrected chi connectivity index (χ1v) is 4.35. The highest BCUT2D eigenvalue weighted by atomic mass is 16.5. The van der Waals surface area contributed by atoms with Gasteiger partial charge in [-0.1, -0.05) is 25.1 Å². The topological polar surface area (TPSA) is 41.5 Å². The minimum Gasteiger partial charge on any atom is -0.496 e. The van der Waals surface area contributed by atoms with Gasteiger partial charge >= 0.3 is 0 Å². The molecule has 1 aromatic carbocycles. The van der Waals surface area contributed by atoms with Crippen LogP contribution in [-0.2, 0) is 13.0 Å². The third-order valence-corrected chi connectivity index (χ3v) is 2.03. The van der Waals surface area contributed by atoms with Gasteiger partial charge < -0.3 is 9.94 Å². The second kappa shape index (κ2) is 4.84. The average Bonchev–Trinajstić information content (AvgIpc) is 2.18. The van der Waals surface area contributed by atoms with Crippen molar-refractivity contribution in [1.82, 2.24) is 5.48 Å². The van der Waals surface area contributed by atoms with Gasteiger partial charge in [0.25, 0.3) is 0 Å². The fraction of sp³-hybridized carbons (Fsp3) is 0.400. The summed E-state index contributed by atoms with van der Waals surface area (Å²) in [5.74, 6) is 0.867. The number of hydrogen-bond acceptors (Lipinski definition) is 3. The van der Waals surface area contributed by atoms with E-state index in [1.54, 1.807) is 7.11 Å². The summed E-state index contributed by atoms with van der Waals surface area (Å²) in [5.41, 5.74) is 4.27. The van der Waals surface area contributed by atoms with E-state index in [1.807, 2.05) is 18.2 Å². The molecule has 13 heavy (non-hydrogen) atoms. The number of rotatable bonds is 4. The van der Waals surface area contributed by atoms with Gasteiger partial charge in [-0.3, -0.25) is 0 Å². The minimum atomic E-state index is 0.414. The fourth-order valence-electron chi connectivity index (χ4n) is 1.40. The van der Waals surface area contributed by atoms with Crippen LogP contribution in [0.25, 0.3) is 0 Å². The highest BCUT2D eigenvalue weighted by Crippen LogP contribution is 2.23. The van der Waals surface area contributed by atoms with Crippen LogP contribution in [0.2, 0.25) is 0 Å². The van der Waals surface area contributed by atoms with Crippen LogP contribution in [0.4, 0.5) is 0 Å². The van der Waals surface area contributed by atoms with E-state index in [2.05, 4.69) is 12.4 Å². The summed E-state index contributed by atoms with van der Waals surface area (Å²) < 4.78 is 5.27. The molecule has 3 nitrogen and oxygen atoms in total. The lowest BCUT2D eigenvalue weighted by Crippen LogP contribution is -2.08. The molecule has 0 atom stereocenters. The van der Waals surface area contributed by atoms with E-state index in [0.717, 1.165) is 23.3 Å². The molecule has 2 N–H and O–H groups in total. The van der Waals surface area contributed by atoms with Gasteiger partial charge in [-0.2, -0.15) is 0 Å². The highest BCUT2D eigenvalue weighted by molar-refractivity contribution is 5.41. The molecule has 0 unspecified atom stereocenters. The molecular formula is C10H15NO2. The molecule has 1 rings (SSSR count). The van der Waals surface area contributed by atoms with Crippen LogP contribution in [0.15, 0.2) is 18.2 Å². The molecule has 0 aliphatic heterocycles. The Morgan fingerprint density at radius 2 is 2.08 bits per heavy atom. The highest BCUT2D eigenvalue weighted by Gasteiger charge is 2.05. The van der Waals surface area contributed by atoms with Crippen LogP contribution in [0.3, 0.4) is 0 Å². The number of hydroxylamine groups is 1. The molecule has 0 saturated carbocycles. The van der Waals surface area contributed by atoms with Crippen molar-refractivity contribution in [2.24, 2.45) is 0 Å². The van der Waals surface area contributed by atoms with Crippen LogP contribution >= 0.6 is 0 Å². The number of hydrogen-bond donors (Lipinski definition) is 2. The second-order valence-corrected chi connectivity index (χ2v) is 2.80. The van der Waals surface area contributed by atoms with Crippen molar-refractivity contribution in [2.45, 2.75) is 19.9 Å². The molecule has 72 valence electrons. The lowest BCUT2D eigenvalue weighted by atomic mass is 10.1. The molecule has 0 heterocycles. The van der Waals surface area contributed by atoms with Gasteiger partial charge in [-0.25, -0.2) is 5.48 Å². The Kier molecular flexibility index (Phi) is 3.73. The molecule has 0 fully saturated rings. The number of para-hydroxylation sites is 1. The minimum absolute atomic E-state index is 0.414. The Labute approximate surface area is 78.3 Å². The number of nitrogens with one attached hydrogen (secondary N) is 1. The second-order valence-electron chi connectivity index (χ2n) is 2.80. The predicted molar refractivity (Wildman–Crippen MR) is 51.0 cm³/mol. The van der Waals surface area contributed by atoms with E-state index < -0.39 is 0 Å². The Bertz CT molecular complexity index is 274. The Hall–Kier alpha value is -1.06. The summed E-state index contributed by atoms with van der Waals surface area (Å²) in [6.07, 6.45) is 0.933. The zero-order valence-corrected chi connectivity index (χ0v) is 8.00. The maximum atomic E-state index is 8.60. The quantitative estimate of drug-likeness (QED) is 0.695. The molecule has 0 aliphatic carbocycles. The van der Waals surface area contributed by atoms with Crippen molar-refractivity contribution in [2.75, 3.05) is 7.11 Å². The largest absolute Gasteiger partial charge is 0.496 e. The lowest BCUT2D eigenvalue weighted by Gasteiger charge is -2.11. The van der Waals surface area contributed by atoms with Crippen molar-refractivity contribution < 1.29 is 9.94 Å². The molecule has 0 saturated heterocycles.